The van der Waals surface area contributed by atoms with Gasteiger partial charge < -0.3 is 5.32 Å². The monoisotopic (exact) mass is 254 g/mol. The average Bonchev–Trinajstić information content (AvgIpc) is 2.42. The standard InChI is InChI=1S/C17H22N2/c1-12(2)14-7-9-15(10-8-14)17(18-4)16-6-5-13(3)19-11-16/h5-12,17-18H,1-4H3. The first-order valence-corrected chi connectivity index (χ1v) is 6.81. The van der Waals surface area contributed by atoms with Gasteiger partial charge in [0.1, 0.15) is 0 Å². The van der Waals surface area contributed by atoms with Crippen LogP contribution in [0.15, 0.2) is 42.6 Å². The summed E-state index contributed by atoms with van der Waals surface area (Å²) >= 11 is 0. The van der Waals surface area contributed by atoms with E-state index in [-0.39, 0.29) is 6.04 Å². The lowest BCUT2D eigenvalue weighted by Gasteiger charge is -2.18. The van der Waals surface area contributed by atoms with Crippen molar-refractivity contribution in [1.82, 2.24) is 10.3 Å². The third-order valence-electron chi connectivity index (χ3n) is 3.49. The highest BCUT2D eigenvalue weighted by Crippen LogP contribution is 2.23. The lowest BCUT2D eigenvalue weighted by atomic mass is 9.96. The predicted octanol–water partition coefficient (Wildman–Crippen LogP) is 3.82. The molecule has 1 aromatic heterocycles. The van der Waals surface area contributed by atoms with E-state index in [1.54, 1.807) is 0 Å². The summed E-state index contributed by atoms with van der Waals surface area (Å²) in [6.45, 7) is 6.44. The molecule has 1 heterocycles. The summed E-state index contributed by atoms with van der Waals surface area (Å²) in [5.74, 6) is 0.572. The van der Waals surface area contributed by atoms with E-state index < -0.39 is 0 Å². The molecule has 0 amide bonds. The lowest BCUT2D eigenvalue weighted by Crippen LogP contribution is -2.17. The van der Waals surface area contributed by atoms with Crippen molar-refractivity contribution in [2.24, 2.45) is 0 Å². The number of aryl methyl sites for hydroxylation is 1. The van der Waals surface area contributed by atoms with Crippen molar-refractivity contribution in [3.63, 3.8) is 0 Å². The van der Waals surface area contributed by atoms with Crippen LogP contribution in [0.3, 0.4) is 0 Å². The van der Waals surface area contributed by atoms with E-state index in [0.29, 0.717) is 5.92 Å². The SMILES string of the molecule is CNC(c1ccc(C(C)C)cc1)c1ccc(C)nc1. The van der Waals surface area contributed by atoms with Gasteiger partial charge in [-0.25, -0.2) is 0 Å². The number of aromatic nitrogens is 1. The Kier molecular flexibility index (Phi) is 4.33. The van der Waals surface area contributed by atoms with E-state index >= 15 is 0 Å². The van der Waals surface area contributed by atoms with Gasteiger partial charge in [-0.3, -0.25) is 4.98 Å². The first-order chi connectivity index (χ1) is 9.11. The van der Waals surface area contributed by atoms with Gasteiger partial charge in [0.2, 0.25) is 0 Å². The van der Waals surface area contributed by atoms with Gasteiger partial charge in [0.15, 0.2) is 0 Å². The minimum atomic E-state index is 0.203. The van der Waals surface area contributed by atoms with Crippen LogP contribution in [0.5, 0.6) is 0 Å². The van der Waals surface area contributed by atoms with Crippen LogP contribution in [0.25, 0.3) is 0 Å². The molecule has 19 heavy (non-hydrogen) atoms. The van der Waals surface area contributed by atoms with Crippen LogP contribution in [-0.2, 0) is 0 Å². The molecular weight excluding hydrogens is 232 g/mol. The highest BCUT2D eigenvalue weighted by molar-refractivity contribution is 5.33. The molecule has 2 rings (SSSR count). The van der Waals surface area contributed by atoms with Crippen LogP contribution in [0.1, 0.15) is 48.2 Å². The van der Waals surface area contributed by atoms with Crippen LogP contribution in [0.2, 0.25) is 0 Å². The number of nitrogens with one attached hydrogen (secondary N) is 1. The van der Waals surface area contributed by atoms with E-state index in [1.165, 1.54) is 16.7 Å². The summed E-state index contributed by atoms with van der Waals surface area (Å²) in [6, 6.07) is 13.2. The molecule has 1 aromatic carbocycles. The average molecular weight is 254 g/mol. The highest BCUT2D eigenvalue weighted by Gasteiger charge is 2.12. The molecule has 0 bridgehead atoms. The first kappa shape index (κ1) is 13.8. The molecule has 1 atom stereocenters. The molecule has 0 saturated heterocycles. The Bertz CT molecular complexity index is 512. The van der Waals surface area contributed by atoms with Crippen molar-refractivity contribution < 1.29 is 0 Å². The minimum absolute atomic E-state index is 0.203. The van der Waals surface area contributed by atoms with E-state index in [0.717, 1.165) is 5.69 Å². The predicted molar refractivity (Wildman–Crippen MR) is 80.4 cm³/mol. The molecule has 0 aliphatic heterocycles. The molecule has 0 aliphatic carbocycles. The normalized spacial score (nSPS) is 12.7. The molecule has 1 N–H and O–H groups in total. The number of rotatable bonds is 4. The third kappa shape index (κ3) is 3.21. The Morgan fingerprint density at radius 2 is 1.47 bits per heavy atom. The Morgan fingerprint density at radius 3 is 1.95 bits per heavy atom. The Balaban J connectivity index is 2.28. The zero-order valence-electron chi connectivity index (χ0n) is 12.1. The molecule has 0 radical (unpaired) electrons. The van der Waals surface area contributed by atoms with E-state index in [1.807, 2.05) is 20.2 Å². The van der Waals surface area contributed by atoms with Gasteiger partial charge in [-0.15, -0.1) is 0 Å². The largest absolute Gasteiger partial charge is 0.309 e. The minimum Gasteiger partial charge on any atom is -0.309 e. The van der Waals surface area contributed by atoms with Crippen molar-refractivity contribution in [1.29, 1.82) is 0 Å². The quantitative estimate of drug-likeness (QED) is 0.897. The number of pyridine rings is 1. The van der Waals surface area contributed by atoms with Crippen molar-refractivity contribution >= 4 is 0 Å². The summed E-state index contributed by atoms with van der Waals surface area (Å²) in [4.78, 5) is 4.38. The first-order valence-electron chi connectivity index (χ1n) is 6.81. The smallest absolute Gasteiger partial charge is 0.0589 e. The maximum absolute atomic E-state index is 4.38. The van der Waals surface area contributed by atoms with Gasteiger partial charge in [-0.05, 0) is 42.6 Å². The van der Waals surface area contributed by atoms with Crippen molar-refractivity contribution in [2.75, 3.05) is 7.05 Å². The summed E-state index contributed by atoms with van der Waals surface area (Å²) < 4.78 is 0. The molecule has 0 saturated carbocycles. The fourth-order valence-corrected chi connectivity index (χ4v) is 2.25. The van der Waals surface area contributed by atoms with Crippen molar-refractivity contribution in [2.45, 2.75) is 32.7 Å². The Hall–Kier alpha value is -1.67. The molecule has 0 spiro atoms. The topological polar surface area (TPSA) is 24.9 Å². The molecule has 2 aromatic rings. The van der Waals surface area contributed by atoms with E-state index in [9.17, 15) is 0 Å². The zero-order chi connectivity index (χ0) is 13.8. The summed E-state index contributed by atoms with van der Waals surface area (Å²) in [5.41, 5.74) is 4.90. The lowest BCUT2D eigenvalue weighted by molar-refractivity contribution is 0.687. The van der Waals surface area contributed by atoms with Crippen molar-refractivity contribution in [3.05, 3.63) is 65.0 Å². The van der Waals surface area contributed by atoms with Crippen molar-refractivity contribution in [3.8, 4) is 0 Å². The molecule has 100 valence electrons. The van der Waals surface area contributed by atoms with Gasteiger partial charge >= 0.3 is 0 Å². The number of benzene rings is 1. The van der Waals surface area contributed by atoms with Gasteiger partial charge in [0.25, 0.3) is 0 Å². The number of hydrogen-bond acceptors (Lipinski definition) is 2. The van der Waals surface area contributed by atoms with Gasteiger partial charge in [-0.2, -0.15) is 0 Å². The molecular formula is C17H22N2. The van der Waals surface area contributed by atoms with Crippen LogP contribution in [0.4, 0.5) is 0 Å². The molecule has 0 aliphatic rings. The van der Waals surface area contributed by atoms with E-state index in [4.69, 9.17) is 0 Å². The third-order valence-corrected chi connectivity index (χ3v) is 3.49. The molecule has 1 unspecified atom stereocenters. The maximum Gasteiger partial charge on any atom is 0.0589 e. The maximum atomic E-state index is 4.38. The van der Waals surface area contributed by atoms with Crippen LogP contribution in [-0.4, -0.2) is 12.0 Å². The fourth-order valence-electron chi connectivity index (χ4n) is 2.25. The van der Waals surface area contributed by atoms with Gasteiger partial charge in [0.05, 0.1) is 6.04 Å². The Labute approximate surface area is 115 Å². The van der Waals surface area contributed by atoms with Gasteiger partial charge in [-0.1, -0.05) is 44.2 Å². The summed E-state index contributed by atoms with van der Waals surface area (Å²) in [5, 5.41) is 3.36. The summed E-state index contributed by atoms with van der Waals surface area (Å²) in [7, 11) is 1.99. The second-order valence-corrected chi connectivity index (χ2v) is 5.28. The number of nitrogens with zero attached hydrogens (tertiary/aromatic N) is 1. The molecule has 2 nitrogen and oxygen atoms in total. The van der Waals surface area contributed by atoms with E-state index in [2.05, 4.69) is 60.5 Å². The van der Waals surface area contributed by atoms with Crippen LogP contribution >= 0.6 is 0 Å². The number of hydrogen-bond donors (Lipinski definition) is 1. The van der Waals surface area contributed by atoms with Crippen LogP contribution in [0, 0.1) is 6.92 Å². The van der Waals surface area contributed by atoms with Gasteiger partial charge in [0, 0.05) is 11.9 Å². The summed E-state index contributed by atoms with van der Waals surface area (Å²) in [6.07, 6.45) is 1.95. The second kappa shape index (κ2) is 5.98. The molecule has 0 fully saturated rings. The fraction of sp³-hybridized carbons (Fsp3) is 0.353. The Morgan fingerprint density at radius 1 is 0.895 bits per heavy atom. The van der Waals surface area contributed by atoms with Crippen LogP contribution < -0.4 is 5.32 Å². The molecule has 2 heteroatoms. The second-order valence-electron chi connectivity index (χ2n) is 5.28. The highest BCUT2D eigenvalue weighted by atomic mass is 14.9. The zero-order valence-corrected chi connectivity index (χ0v) is 12.1.